The van der Waals surface area contributed by atoms with E-state index in [0.29, 0.717) is 0 Å². The maximum Gasteiger partial charge on any atom is 0.337 e. The van der Waals surface area contributed by atoms with E-state index in [0.717, 1.165) is 30.9 Å². The number of nitrogens with one attached hydrogen (secondary N) is 1. The summed E-state index contributed by atoms with van der Waals surface area (Å²) in [7, 11) is 5.56. The summed E-state index contributed by atoms with van der Waals surface area (Å²) in [4.78, 5) is 13.5. The Bertz CT molecular complexity index is 306. The largest absolute Gasteiger partial charge is 0.337 e. The van der Waals surface area contributed by atoms with Crippen LogP contribution in [0.2, 0.25) is 0 Å². The first-order valence-corrected chi connectivity index (χ1v) is 8.99. The lowest BCUT2D eigenvalue weighted by Gasteiger charge is -2.26. The molecule has 0 heterocycles. The molecule has 0 aliphatic carbocycles. The van der Waals surface area contributed by atoms with E-state index in [2.05, 4.69) is 31.3 Å². The number of nitrogens with zero attached hydrogens (tertiary/aromatic N) is 2. The van der Waals surface area contributed by atoms with E-state index in [-0.39, 0.29) is 10.8 Å². The maximum absolute atomic E-state index is 11.8. The summed E-state index contributed by atoms with van der Waals surface area (Å²) in [5.74, 6) is 1.11. The number of carbonyl (C=O) groups is 1. The summed E-state index contributed by atoms with van der Waals surface area (Å²) in [5, 5.41) is 4.02. The monoisotopic (exact) mass is 305 g/mol. The third-order valence-corrected chi connectivity index (χ3v) is 6.08. The predicted molar refractivity (Wildman–Crippen MR) is 89.0 cm³/mol. The molecule has 6 heteroatoms. The summed E-state index contributed by atoms with van der Waals surface area (Å²) in [6.07, 6.45) is 1.81. The van der Waals surface area contributed by atoms with Gasteiger partial charge in [-0.15, -0.1) is 0 Å². The lowest BCUT2D eigenvalue weighted by Crippen LogP contribution is -2.37. The molecule has 0 rings (SSSR count). The normalized spacial score (nSPS) is 12.4. The molecule has 2 amide bonds. The Balaban J connectivity index is 4.09. The van der Waals surface area contributed by atoms with Crippen LogP contribution in [-0.4, -0.2) is 40.7 Å². The van der Waals surface area contributed by atoms with Crippen molar-refractivity contribution < 1.29 is 4.79 Å². The van der Waals surface area contributed by atoms with Gasteiger partial charge in [0.25, 0.3) is 0 Å². The van der Waals surface area contributed by atoms with Gasteiger partial charge in [0, 0.05) is 29.8 Å². The minimum absolute atomic E-state index is 0.142. The van der Waals surface area contributed by atoms with Crippen molar-refractivity contribution in [3.05, 3.63) is 0 Å². The van der Waals surface area contributed by atoms with Gasteiger partial charge in [0.1, 0.15) is 0 Å². The molecule has 0 bridgehead atoms. The van der Waals surface area contributed by atoms with Crippen molar-refractivity contribution >= 4 is 33.3 Å². The quantitative estimate of drug-likeness (QED) is 0.419. The number of hydrogen-bond donors (Lipinski definition) is 1. The van der Waals surface area contributed by atoms with Crippen molar-refractivity contribution in [3.63, 3.8) is 0 Å². The Morgan fingerprint density at radius 3 is 2.53 bits per heavy atom. The van der Waals surface area contributed by atoms with Gasteiger partial charge in [-0.25, -0.2) is 10.2 Å². The average molecular weight is 306 g/mol. The standard InChI is InChI=1S/C13H27N3OS2/c1-7-11(3)14-15-12(17)16(6)10-9-13(4,5)19-18-8-2/h7-10H2,1-6H3,(H,15,17)/b14-11+. The summed E-state index contributed by atoms with van der Waals surface area (Å²) in [6, 6.07) is -0.142. The molecule has 0 aliphatic heterocycles. The molecule has 0 spiro atoms. The van der Waals surface area contributed by atoms with Gasteiger partial charge in [-0.3, -0.25) is 0 Å². The molecular weight excluding hydrogens is 278 g/mol. The summed E-state index contributed by atoms with van der Waals surface area (Å²) in [5.41, 5.74) is 3.50. The van der Waals surface area contributed by atoms with Crippen LogP contribution < -0.4 is 5.43 Å². The second-order valence-corrected chi connectivity index (χ2v) is 8.33. The Labute approximate surface area is 125 Å². The van der Waals surface area contributed by atoms with Crippen molar-refractivity contribution in [3.8, 4) is 0 Å². The van der Waals surface area contributed by atoms with E-state index in [1.165, 1.54) is 0 Å². The molecule has 0 unspecified atom stereocenters. The van der Waals surface area contributed by atoms with Crippen LogP contribution in [0.25, 0.3) is 0 Å². The molecule has 4 nitrogen and oxygen atoms in total. The summed E-state index contributed by atoms with van der Waals surface area (Å²) in [6.45, 7) is 11.2. The van der Waals surface area contributed by atoms with Crippen LogP contribution in [0.3, 0.4) is 0 Å². The smallest absolute Gasteiger partial charge is 0.326 e. The summed E-state index contributed by atoms with van der Waals surface area (Å²) < 4.78 is 0.178. The fourth-order valence-corrected chi connectivity index (χ4v) is 3.28. The molecule has 0 radical (unpaired) electrons. The Hall–Kier alpha value is -0.360. The molecule has 19 heavy (non-hydrogen) atoms. The highest BCUT2D eigenvalue weighted by molar-refractivity contribution is 8.77. The van der Waals surface area contributed by atoms with Gasteiger partial charge in [-0.1, -0.05) is 35.4 Å². The van der Waals surface area contributed by atoms with E-state index >= 15 is 0 Å². The molecule has 1 N–H and O–H groups in total. The van der Waals surface area contributed by atoms with Gasteiger partial charge < -0.3 is 4.90 Å². The zero-order valence-electron chi connectivity index (χ0n) is 12.9. The van der Waals surface area contributed by atoms with Gasteiger partial charge in [0.2, 0.25) is 0 Å². The number of carbonyl (C=O) groups excluding carboxylic acids is 1. The van der Waals surface area contributed by atoms with Gasteiger partial charge in [0.15, 0.2) is 0 Å². The Kier molecular flexibility index (Phi) is 9.35. The molecular formula is C13H27N3OS2. The first-order chi connectivity index (χ1) is 8.82. The molecule has 0 aliphatic rings. The molecule has 0 aromatic heterocycles. The molecule has 0 saturated carbocycles. The number of rotatable bonds is 8. The van der Waals surface area contributed by atoms with Crippen LogP contribution >= 0.6 is 21.6 Å². The first-order valence-electron chi connectivity index (χ1n) is 6.67. The molecule has 0 saturated heterocycles. The van der Waals surface area contributed by atoms with E-state index in [1.54, 1.807) is 11.9 Å². The first kappa shape index (κ1) is 18.6. The molecule has 0 atom stereocenters. The van der Waals surface area contributed by atoms with Crippen molar-refractivity contribution in [2.75, 3.05) is 19.3 Å². The maximum atomic E-state index is 11.8. The number of hydrazone groups is 1. The molecule has 112 valence electrons. The fourth-order valence-electron chi connectivity index (χ4n) is 1.11. The third kappa shape index (κ3) is 9.21. The second-order valence-electron chi connectivity index (χ2n) is 5.04. The van der Waals surface area contributed by atoms with Gasteiger partial charge in [-0.2, -0.15) is 5.10 Å². The zero-order chi connectivity index (χ0) is 14.9. The van der Waals surface area contributed by atoms with Crippen molar-refractivity contribution in [2.24, 2.45) is 5.10 Å². The van der Waals surface area contributed by atoms with Crippen molar-refractivity contribution in [1.29, 1.82) is 0 Å². The molecule has 0 fully saturated rings. The summed E-state index contributed by atoms with van der Waals surface area (Å²) >= 11 is 0. The van der Waals surface area contributed by atoms with E-state index in [9.17, 15) is 4.79 Å². The highest BCUT2D eigenvalue weighted by Crippen LogP contribution is 2.37. The topological polar surface area (TPSA) is 44.7 Å². The van der Waals surface area contributed by atoms with Gasteiger partial charge >= 0.3 is 6.03 Å². The highest BCUT2D eigenvalue weighted by atomic mass is 33.1. The van der Waals surface area contributed by atoms with Gasteiger partial charge in [0.05, 0.1) is 0 Å². The third-order valence-electron chi connectivity index (χ3n) is 2.65. The number of urea groups is 1. The molecule has 0 aromatic carbocycles. The number of amides is 2. The van der Waals surface area contributed by atoms with Crippen LogP contribution in [0, 0.1) is 0 Å². The zero-order valence-corrected chi connectivity index (χ0v) is 14.6. The predicted octanol–water partition coefficient (Wildman–Crippen LogP) is 3.98. The molecule has 0 aromatic rings. The van der Waals surface area contributed by atoms with Gasteiger partial charge in [-0.05, 0) is 33.6 Å². The number of hydrogen-bond acceptors (Lipinski definition) is 4. The van der Waals surface area contributed by atoms with Crippen LogP contribution in [0.15, 0.2) is 5.10 Å². The van der Waals surface area contributed by atoms with E-state index in [4.69, 9.17) is 0 Å². The Morgan fingerprint density at radius 1 is 1.37 bits per heavy atom. The lowest BCUT2D eigenvalue weighted by atomic mass is 10.1. The SMILES string of the molecule is CCSSC(C)(C)CCN(C)C(=O)N/N=C(\C)CC. The van der Waals surface area contributed by atoms with Crippen molar-refractivity contribution in [2.45, 2.75) is 52.2 Å². The lowest BCUT2D eigenvalue weighted by molar-refractivity contribution is 0.207. The minimum Gasteiger partial charge on any atom is -0.326 e. The van der Waals surface area contributed by atoms with E-state index < -0.39 is 0 Å². The van der Waals surface area contributed by atoms with Crippen molar-refractivity contribution in [1.82, 2.24) is 10.3 Å². The van der Waals surface area contributed by atoms with E-state index in [1.807, 2.05) is 35.4 Å². The average Bonchev–Trinajstić information content (AvgIpc) is 2.39. The van der Waals surface area contributed by atoms with Crippen LogP contribution in [0.4, 0.5) is 4.79 Å². The Morgan fingerprint density at radius 2 is 2.00 bits per heavy atom. The van der Waals surface area contributed by atoms with Crippen LogP contribution in [-0.2, 0) is 0 Å². The minimum atomic E-state index is -0.142. The van der Waals surface area contributed by atoms with Crippen LogP contribution in [0.5, 0.6) is 0 Å². The van der Waals surface area contributed by atoms with Crippen LogP contribution in [0.1, 0.15) is 47.5 Å². The second kappa shape index (κ2) is 9.53. The highest BCUT2D eigenvalue weighted by Gasteiger charge is 2.20. The fraction of sp³-hybridized carbons (Fsp3) is 0.846.